The van der Waals surface area contributed by atoms with E-state index < -0.39 is 5.54 Å². The molecule has 0 atom stereocenters. The van der Waals surface area contributed by atoms with Crippen molar-refractivity contribution in [2.45, 2.75) is 51.0 Å². The second-order valence-electron chi connectivity index (χ2n) is 6.50. The molecule has 23 heavy (non-hydrogen) atoms. The Balaban J connectivity index is 1.61. The normalized spacial score (nSPS) is 20.5. The van der Waals surface area contributed by atoms with Gasteiger partial charge < -0.3 is 10.1 Å². The van der Waals surface area contributed by atoms with E-state index in [0.717, 1.165) is 49.8 Å². The maximum atomic E-state index is 12.7. The zero-order chi connectivity index (χ0) is 16.3. The molecular formula is C18H24N2O3. The van der Waals surface area contributed by atoms with Gasteiger partial charge in [0.2, 0.25) is 0 Å². The fourth-order valence-electron chi connectivity index (χ4n) is 3.52. The Morgan fingerprint density at radius 1 is 1.13 bits per heavy atom. The average molecular weight is 316 g/mol. The summed E-state index contributed by atoms with van der Waals surface area (Å²) in [6.45, 7) is 2.59. The number of carbonyl (C=O) groups is 2. The first-order chi connectivity index (χ1) is 11.1. The van der Waals surface area contributed by atoms with E-state index >= 15 is 0 Å². The quantitative estimate of drug-likeness (QED) is 0.869. The van der Waals surface area contributed by atoms with Gasteiger partial charge in [0.05, 0.1) is 6.54 Å². The molecule has 0 radical (unpaired) electrons. The molecule has 124 valence electrons. The molecule has 1 aromatic rings. The van der Waals surface area contributed by atoms with Crippen LogP contribution in [-0.4, -0.2) is 35.5 Å². The van der Waals surface area contributed by atoms with Gasteiger partial charge >= 0.3 is 6.03 Å². The third-order valence-electron chi connectivity index (χ3n) is 4.87. The molecule has 0 aromatic heterocycles. The van der Waals surface area contributed by atoms with E-state index in [-0.39, 0.29) is 11.9 Å². The minimum Gasteiger partial charge on any atom is -0.491 e. The van der Waals surface area contributed by atoms with Crippen LogP contribution in [0.3, 0.4) is 0 Å². The molecule has 1 aliphatic carbocycles. The van der Waals surface area contributed by atoms with Gasteiger partial charge in [-0.3, -0.25) is 9.69 Å². The maximum absolute atomic E-state index is 12.7. The van der Waals surface area contributed by atoms with E-state index in [9.17, 15) is 9.59 Å². The Morgan fingerprint density at radius 2 is 1.83 bits per heavy atom. The molecule has 1 aromatic carbocycles. The van der Waals surface area contributed by atoms with Crippen molar-refractivity contribution in [1.82, 2.24) is 10.2 Å². The third-order valence-corrected chi connectivity index (χ3v) is 4.87. The fraction of sp³-hybridized carbons (Fsp3) is 0.556. The van der Waals surface area contributed by atoms with E-state index in [1.54, 1.807) is 0 Å². The third kappa shape index (κ3) is 3.19. The van der Waals surface area contributed by atoms with Crippen molar-refractivity contribution in [3.63, 3.8) is 0 Å². The number of hydrogen-bond acceptors (Lipinski definition) is 3. The van der Waals surface area contributed by atoms with Crippen LogP contribution in [0.25, 0.3) is 0 Å². The second kappa shape index (κ2) is 6.60. The van der Waals surface area contributed by atoms with E-state index in [2.05, 4.69) is 5.32 Å². The molecule has 0 unspecified atom stereocenters. The van der Waals surface area contributed by atoms with Crippen molar-refractivity contribution in [3.8, 4) is 5.75 Å². The fourth-order valence-corrected chi connectivity index (χ4v) is 3.52. The first-order valence-electron chi connectivity index (χ1n) is 8.45. The first-order valence-corrected chi connectivity index (χ1v) is 8.45. The van der Waals surface area contributed by atoms with E-state index in [1.165, 1.54) is 4.90 Å². The number of ether oxygens (including phenoxy) is 1. The Kier molecular flexibility index (Phi) is 4.55. The highest BCUT2D eigenvalue weighted by molar-refractivity contribution is 6.07. The summed E-state index contributed by atoms with van der Waals surface area (Å²) >= 11 is 0. The highest BCUT2D eigenvalue weighted by Crippen LogP contribution is 2.32. The van der Waals surface area contributed by atoms with Crippen molar-refractivity contribution in [2.75, 3.05) is 13.2 Å². The topological polar surface area (TPSA) is 58.6 Å². The average Bonchev–Trinajstić information content (AvgIpc) is 2.71. The minimum absolute atomic E-state index is 0.0715. The zero-order valence-corrected chi connectivity index (χ0v) is 13.6. The number of imide groups is 1. The molecule has 2 fully saturated rings. The summed E-state index contributed by atoms with van der Waals surface area (Å²) in [4.78, 5) is 26.3. The van der Waals surface area contributed by atoms with Gasteiger partial charge in [-0.05, 0) is 31.4 Å². The van der Waals surface area contributed by atoms with Gasteiger partial charge in [-0.25, -0.2) is 4.79 Å². The number of nitrogens with zero attached hydrogens (tertiary/aromatic N) is 1. The lowest BCUT2D eigenvalue weighted by Crippen LogP contribution is -2.46. The number of aryl methyl sites for hydroxylation is 1. The molecule has 5 nitrogen and oxygen atoms in total. The van der Waals surface area contributed by atoms with Crippen LogP contribution < -0.4 is 10.1 Å². The van der Waals surface area contributed by atoms with Gasteiger partial charge in [0.25, 0.3) is 5.91 Å². The Morgan fingerprint density at radius 3 is 2.52 bits per heavy atom. The van der Waals surface area contributed by atoms with Crippen LogP contribution in [0.5, 0.6) is 5.75 Å². The minimum atomic E-state index is -0.657. The number of urea groups is 1. The molecule has 1 spiro atoms. The largest absolute Gasteiger partial charge is 0.491 e. The summed E-state index contributed by atoms with van der Waals surface area (Å²) in [7, 11) is 0. The van der Waals surface area contributed by atoms with Crippen molar-refractivity contribution < 1.29 is 14.3 Å². The molecule has 5 heteroatoms. The number of para-hydroxylation sites is 1. The summed E-state index contributed by atoms with van der Waals surface area (Å²) < 4.78 is 5.72. The molecule has 1 aliphatic heterocycles. The lowest BCUT2D eigenvalue weighted by atomic mass is 9.90. The molecule has 3 rings (SSSR count). The van der Waals surface area contributed by atoms with E-state index in [4.69, 9.17) is 4.74 Å². The standard InChI is InChI=1S/C18H24N2O3/c1-14-8-4-5-9-15(14)23-13-12-20-16(21)18(19-17(20)22)10-6-2-3-7-11-18/h4-5,8-9H,2-3,6-7,10-13H2,1H3,(H,19,22). The van der Waals surface area contributed by atoms with Crippen molar-refractivity contribution in [2.24, 2.45) is 0 Å². The Bertz CT molecular complexity index is 592. The lowest BCUT2D eigenvalue weighted by Gasteiger charge is -2.24. The molecular weight excluding hydrogens is 292 g/mol. The highest BCUT2D eigenvalue weighted by atomic mass is 16.5. The molecule has 3 amide bonds. The van der Waals surface area contributed by atoms with Crippen LogP contribution in [0.4, 0.5) is 4.79 Å². The van der Waals surface area contributed by atoms with Crippen molar-refractivity contribution >= 4 is 11.9 Å². The smallest absolute Gasteiger partial charge is 0.325 e. The number of amides is 3. The predicted molar refractivity (Wildman–Crippen MR) is 87.4 cm³/mol. The lowest BCUT2D eigenvalue weighted by molar-refractivity contribution is -0.132. The summed E-state index contributed by atoms with van der Waals surface area (Å²) in [6, 6.07) is 7.47. The van der Waals surface area contributed by atoms with E-state index in [0.29, 0.717) is 13.2 Å². The SMILES string of the molecule is Cc1ccccc1OCCN1C(=O)NC2(CCCCCC2)C1=O. The van der Waals surface area contributed by atoms with Crippen LogP contribution in [0.15, 0.2) is 24.3 Å². The molecule has 1 saturated heterocycles. The van der Waals surface area contributed by atoms with E-state index in [1.807, 2.05) is 31.2 Å². The second-order valence-corrected chi connectivity index (χ2v) is 6.50. The summed E-state index contributed by atoms with van der Waals surface area (Å²) in [5.41, 5.74) is 0.390. The highest BCUT2D eigenvalue weighted by Gasteiger charge is 2.50. The summed E-state index contributed by atoms with van der Waals surface area (Å²) in [6.07, 6.45) is 5.79. The van der Waals surface area contributed by atoms with Crippen LogP contribution in [0.2, 0.25) is 0 Å². The number of rotatable bonds is 4. The molecule has 0 bridgehead atoms. The van der Waals surface area contributed by atoms with Crippen LogP contribution in [0.1, 0.15) is 44.1 Å². The number of hydrogen-bond donors (Lipinski definition) is 1. The summed E-state index contributed by atoms with van der Waals surface area (Å²) in [5.74, 6) is 0.724. The van der Waals surface area contributed by atoms with Gasteiger partial charge in [0, 0.05) is 0 Å². The first kappa shape index (κ1) is 15.8. The van der Waals surface area contributed by atoms with Crippen molar-refractivity contribution in [3.05, 3.63) is 29.8 Å². The van der Waals surface area contributed by atoms with Crippen LogP contribution >= 0.6 is 0 Å². The van der Waals surface area contributed by atoms with Gasteiger partial charge in [0.15, 0.2) is 0 Å². The van der Waals surface area contributed by atoms with Crippen molar-refractivity contribution in [1.29, 1.82) is 0 Å². The number of benzene rings is 1. The van der Waals surface area contributed by atoms with Crippen LogP contribution in [-0.2, 0) is 4.79 Å². The molecule has 1 N–H and O–H groups in total. The van der Waals surface area contributed by atoms with Gasteiger partial charge in [-0.15, -0.1) is 0 Å². The number of carbonyl (C=O) groups excluding carboxylic acids is 2. The molecule has 1 saturated carbocycles. The molecule has 2 aliphatic rings. The van der Waals surface area contributed by atoms with Gasteiger partial charge in [0.1, 0.15) is 17.9 Å². The zero-order valence-electron chi connectivity index (χ0n) is 13.6. The monoisotopic (exact) mass is 316 g/mol. The maximum Gasteiger partial charge on any atom is 0.325 e. The predicted octanol–water partition coefficient (Wildman–Crippen LogP) is 3.02. The Labute approximate surface area is 137 Å². The number of nitrogens with one attached hydrogen (secondary N) is 1. The van der Waals surface area contributed by atoms with Crippen LogP contribution in [0, 0.1) is 6.92 Å². The molecule has 1 heterocycles. The Hall–Kier alpha value is -2.04. The summed E-state index contributed by atoms with van der Waals surface area (Å²) in [5, 5.41) is 2.95. The van der Waals surface area contributed by atoms with Gasteiger partial charge in [-0.2, -0.15) is 0 Å². The van der Waals surface area contributed by atoms with Gasteiger partial charge in [-0.1, -0.05) is 43.9 Å².